The van der Waals surface area contributed by atoms with Crippen LogP contribution in [0, 0.1) is 0 Å². The summed E-state index contributed by atoms with van der Waals surface area (Å²) in [6.45, 7) is 0. The zero-order chi connectivity index (χ0) is 10.3. The maximum atomic E-state index is 11.5. The predicted octanol–water partition coefficient (Wildman–Crippen LogP) is 1.27. The van der Waals surface area contributed by atoms with Crippen molar-refractivity contribution >= 4 is 24.8 Å². The minimum Gasteiger partial charge on any atom is -0.495 e. The first-order valence-electron chi connectivity index (χ1n) is 3.72. The van der Waals surface area contributed by atoms with Gasteiger partial charge in [0.2, 0.25) is 14.0 Å². The van der Waals surface area contributed by atoms with E-state index in [1.165, 1.54) is 19.2 Å². The van der Waals surface area contributed by atoms with Gasteiger partial charge in [-0.3, -0.25) is 4.79 Å². The summed E-state index contributed by atoms with van der Waals surface area (Å²) in [4.78, 5) is 11.3. The van der Waals surface area contributed by atoms with Crippen molar-refractivity contribution in [1.29, 1.82) is 0 Å². The summed E-state index contributed by atoms with van der Waals surface area (Å²) in [7, 11) is -1.85. The minimum atomic E-state index is -3.56. The molecule has 4 nitrogen and oxygen atoms in total. The Morgan fingerprint density at radius 1 is 1.36 bits per heavy atom. The Hall–Kier alpha value is -1.01. The van der Waals surface area contributed by atoms with E-state index in [0.29, 0.717) is 10.8 Å². The minimum absolute atomic E-state index is 0.00231. The summed E-state index contributed by atoms with van der Waals surface area (Å²) in [5, 5.41) is -0.445. The summed E-state index contributed by atoms with van der Waals surface area (Å²) in [6.07, 6.45) is 0. The van der Waals surface area contributed by atoms with Gasteiger partial charge in [0.05, 0.1) is 23.5 Å². The third kappa shape index (κ3) is 1.22. The SMILES string of the molecule is COc1cccc2c1S(=O)(=O)SC2=O. The van der Waals surface area contributed by atoms with E-state index in [1.807, 2.05) is 0 Å². The van der Waals surface area contributed by atoms with Crippen molar-refractivity contribution in [3.63, 3.8) is 0 Å². The van der Waals surface area contributed by atoms with Gasteiger partial charge in [0.1, 0.15) is 10.6 Å². The van der Waals surface area contributed by atoms with Crippen LogP contribution in [0.2, 0.25) is 0 Å². The fraction of sp³-hybridized carbons (Fsp3) is 0.125. The lowest BCUT2D eigenvalue weighted by molar-refractivity contribution is 0.108. The number of benzene rings is 1. The third-order valence-electron chi connectivity index (χ3n) is 1.85. The van der Waals surface area contributed by atoms with Crippen LogP contribution in [0.25, 0.3) is 0 Å². The lowest BCUT2D eigenvalue weighted by Gasteiger charge is -2.03. The number of ether oxygens (including phenoxy) is 1. The molecule has 1 heterocycles. The maximum Gasteiger partial charge on any atom is 0.242 e. The van der Waals surface area contributed by atoms with Crippen molar-refractivity contribution in [3.8, 4) is 5.75 Å². The van der Waals surface area contributed by atoms with Gasteiger partial charge < -0.3 is 4.74 Å². The molecule has 6 heteroatoms. The predicted molar refractivity (Wildman–Crippen MR) is 52.1 cm³/mol. The molecule has 0 bridgehead atoms. The highest BCUT2D eigenvalue weighted by Gasteiger charge is 2.37. The Bertz CT molecular complexity index is 504. The topological polar surface area (TPSA) is 60.4 Å². The number of hydrogen-bond donors (Lipinski definition) is 0. The van der Waals surface area contributed by atoms with Crippen LogP contribution in [0.3, 0.4) is 0 Å². The van der Waals surface area contributed by atoms with E-state index >= 15 is 0 Å². The van der Waals surface area contributed by atoms with Crippen LogP contribution in [-0.2, 0) is 8.87 Å². The van der Waals surface area contributed by atoms with Crippen LogP contribution in [0.15, 0.2) is 23.1 Å². The van der Waals surface area contributed by atoms with Crippen LogP contribution in [0.5, 0.6) is 5.75 Å². The zero-order valence-electron chi connectivity index (χ0n) is 7.18. The molecular formula is C8H6O4S2. The van der Waals surface area contributed by atoms with E-state index in [1.54, 1.807) is 6.07 Å². The summed E-state index contributed by atoms with van der Waals surface area (Å²) in [5.74, 6) is 0.223. The molecule has 0 saturated carbocycles. The number of fused-ring (bicyclic) bond motifs is 1. The molecule has 0 atom stereocenters. The van der Waals surface area contributed by atoms with Gasteiger partial charge >= 0.3 is 0 Å². The molecule has 14 heavy (non-hydrogen) atoms. The molecule has 1 aliphatic rings. The van der Waals surface area contributed by atoms with Gasteiger partial charge in [-0.05, 0) is 12.1 Å². The van der Waals surface area contributed by atoms with Crippen molar-refractivity contribution in [3.05, 3.63) is 23.8 Å². The van der Waals surface area contributed by atoms with Crippen LogP contribution in [-0.4, -0.2) is 20.6 Å². The molecule has 0 unspecified atom stereocenters. The van der Waals surface area contributed by atoms with Gasteiger partial charge in [0.15, 0.2) is 0 Å². The quantitative estimate of drug-likeness (QED) is 0.680. The first kappa shape index (κ1) is 9.54. The average Bonchev–Trinajstić information content (AvgIpc) is 2.38. The van der Waals surface area contributed by atoms with Crippen molar-refractivity contribution in [1.82, 2.24) is 0 Å². The van der Waals surface area contributed by atoms with E-state index in [-0.39, 0.29) is 16.2 Å². The van der Waals surface area contributed by atoms with Crippen molar-refractivity contribution in [2.24, 2.45) is 0 Å². The number of rotatable bonds is 1. The van der Waals surface area contributed by atoms with Gasteiger partial charge in [0, 0.05) is 0 Å². The zero-order valence-corrected chi connectivity index (χ0v) is 8.81. The van der Waals surface area contributed by atoms with Gasteiger partial charge in [-0.1, -0.05) is 6.07 Å². The Balaban J connectivity index is 2.82. The summed E-state index contributed by atoms with van der Waals surface area (Å²) < 4.78 is 27.9. The molecule has 0 aromatic heterocycles. The monoisotopic (exact) mass is 230 g/mol. The maximum absolute atomic E-state index is 11.5. The van der Waals surface area contributed by atoms with Gasteiger partial charge in [-0.2, -0.15) is 0 Å². The van der Waals surface area contributed by atoms with Gasteiger partial charge in [0.25, 0.3) is 0 Å². The molecule has 0 N–H and O–H groups in total. The number of methoxy groups -OCH3 is 1. The Labute approximate surface area is 84.6 Å². The van der Waals surface area contributed by atoms with E-state index in [4.69, 9.17) is 4.74 Å². The Morgan fingerprint density at radius 3 is 2.71 bits per heavy atom. The van der Waals surface area contributed by atoms with Crippen molar-refractivity contribution in [2.75, 3.05) is 7.11 Å². The van der Waals surface area contributed by atoms with E-state index in [0.717, 1.165) is 0 Å². The smallest absolute Gasteiger partial charge is 0.242 e. The second kappa shape index (κ2) is 2.99. The molecule has 0 fully saturated rings. The highest BCUT2D eigenvalue weighted by atomic mass is 33.1. The molecule has 0 aliphatic carbocycles. The van der Waals surface area contributed by atoms with Crippen LogP contribution >= 0.6 is 10.8 Å². The highest BCUT2D eigenvalue weighted by molar-refractivity contribution is 8.78. The normalized spacial score (nSPS) is 17.9. The largest absolute Gasteiger partial charge is 0.495 e. The average molecular weight is 230 g/mol. The molecule has 0 amide bonds. The number of carbonyl (C=O) groups excluding carboxylic acids is 1. The number of hydrogen-bond acceptors (Lipinski definition) is 5. The van der Waals surface area contributed by atoms with E-state index in [9.17, 15) is 13.2 Å². The van der Waals surface area contributed by atoms with Gasteiger partial charge in [-0.15, -0.1) is 0 Å². The molecule has 1 aliphatic heterocycles. The fourth-order valence-electron chi connectivity index (χ4n) is 1.28. The van der Waals surface area contributed by atoms with E-state index < -0.39 is 14.0 Å². The molecular weight excluding hydrogens is 224 g/mol. The molecule has 0 saturated heterocycles. The lowest BCUT2D eigenvalue weighted by atomic mass is 10.2. The van der Waals surface area contributed by atoms with Crippen molar-refractivity contribution in [2.45, 2.75) is 4.90 Å². The summed E-state index contributed by atoms with van der Waals surface area (Å²) in [5.41, 5.74) is 0.203. The molecule has 2 rings (SSSR count). The molecule has 0 radical (unpaired) electrons. The molecule has 74 valence electrons. The van der Waals surface area contributed by atoms with Crippen LogP contribution in [0.1, 0.15) is 10.4 Å². The molecule has 1 aromatic rings. The van der Waals surface area contributed by atoms with Gasteiger partial charge in [-0.25, -0.2) is 8.42 Å². The summed E-state index contributed by atoms with van der Waals surface area (Å²) >= 11 is 0. The lowest BCUT2D eigenvalue weighted by Crippen LogP contribution is -1.95. The summed E-state index contributed by atoms with van der Waals surface area (Å²) in [6, 6.07) is 4.60. The second-order valence-corrected chi connectivity index (χ2v) is 6.33. The molecule has 1 aromatic carbocycles. The number of carbonyl (C=O) groups is 1. The van der Waals surface area contributed by atoms with Crippen molar-refractivity contribution < 1.29 is 17.9 Å². The fourth-order valence-corrected chi connectivity index (χ4v) is 4.35. The standard InChI is InChI=1S/C8H6O4S2/c1-12-6-4-2-3-5-7(6)14(10,11)13-8(5)9/h2-4H,1H3. The third-order valence-corrected chi connectivity index (χ3v) is 4.98. The second-order valence-electron chi connectivity index (χ2n) is 2.66. The van der Waals surface area contributed by atoms with E-state index in [2.05, 4.69) is 0 Å². The van der Waals surface area contributed by atoms with Crippen LogP contribution in [0.4, 0.5) is 0 Å². The molecule has 0 spiro atoms. The first-order valence-corrected chi connectivity index (χ1v) is 6.54. The Kier molecular flexibility index (Phi) is 2.04. The Morgan fingerprint density at radius 2 is 2.07 bits per heavy atom. The van der Waals surface area contributed by atoms with Crippen LogP contribution < -0.4 is 4.74 Å². The first-order chi connectivity index (χ1) is 6.56. The highest BCUT2D eigenvalue weighted by Crippen LogP contribution is 2.42.